The zero-order valence-corrected chi connectivity index (χ0v) is 15.8. The van der Waals surface area contributed by atoms with Crippen LogP contribution in [-0.4, -0.2) is 72.2 Å². The smallest absolute Gasteiger partial charge is 0.234 e. The van der Waals surface area contributed by atoms with Gasteiger partial charge in [-0.3, -0.25) is 4.98 Å². The zero-order valence-electron chi connectivity index (χ0n) is 15.8. The van der Waals surface area contributed by atoms with Gasteiger partial charge in [-0.25, -0.2) is 0 Å². The van der Waals surface area contributed by atoms with Gasteiger partial charge in [0.2, 0.25) is 5.88 Å². The minimum absolute atomic E-state index is 0.316. The molecule has 0 radical (unpaired) electrons. The van der Waals surface area contributed by atoms with Crippen LogP contribution in [0, 0.1) is 0 Å². The van der Waals surface area contributed by atoms with Crippen LogP contribution >= 0.6 is 0 Å². The number of aromatic nitrogens is 2. The second kappa shape index (κ2) is 9.34. The predicted molar refractivity (Wildman–Crippen MR) is 101 cm³/mol. The summed E-state index contributed by atoms with van der Waals surface area (Å²) in [7, 11) is 4.37. The molecule has 140 valence electrons. The first-order chi connectivity index (χ1) is 12.2. The Bertz CT molecular complexity index is 510. The number of rotatable bonds is 7. The van der Waals surface area contributed by atoms with Crippen LogP contribution in [0.25, 0.3) is 0 Å². The van der Waals surface area contributed by atoms with Crippen molar-refractivity contribution in [1.82, 2.24) is 19.8 Å². The number of nitrogens with zero attached hydrogens (tertiary/aromatic N) is 4. The summed E-state index contributed by atoms with van der Waals surface area (Å²) in [5.74, 6) is 1.47. The number of hydrogen-bond acceptors (Lipinski definition) is 6. The molecule has 3 rings (SSSR count). The number of hydrogen-bond donors (Lipinski definition) is 1. The Kier molecular flexibility index (Phi) is 6.87. The van der Waals surface area contributed by atoms with Crippen molar-refractivity contribution in [2.75, 3.05) is 45.6 Å². The highest BCUT2D eigenvalue weighted by Crippen LogP contribution is 2.22. The van der Waals surface area contributed by atoms with E-state index in [2.05, 4.69) is 39.2 Å². The van der Waals surface area contributed by atoms with Gasteiger partial charge in [0.1, 0.15) is 11.9 Å². The molecule has 0 aromatic carbocycles. The van der Waals surface area contributed by atoms with Crippen molar-refractivity contribution in [3.8, 4) is 5.88 Å². The Morgan fingerprint density at radius 1 is 1.12 bits per heavy atom. The van der Waals surface area contributed by atoms with Crippen molar-refractivity contribution >= 4 is 5.82 Å². The van der Waals surface area contributed by atoms with Gasteiger partial charge >= 0.3 is 0 Å². The molecule has 1 aromatic heterocycles. The molecular weight excluding hydrogens is 314 g/mol. The van der Waals surface area contributed by atoms with E-state index in [0.717, 1.165) is 37.8 Å². The van der Waals surface area contributed by atoms with E-state index in [1.807, 2.05) is 0 Å². The first-order valence-corrected chi connectivity index (χ1v) is 9.82. The Morgan fingerprint density at radius 3 is 2.60 bits per heavy atom. The van der Waals surface area contributed by atoms with E-state index in [1.165, 1.54) is 45.2 Å². The largest absolute Gasteiger partial charge is 0.473 e. The van der Waals surface area contributed by atoms with E-state index in [4.69, 9.17) is 4.74 Å². The molecule has 1 N–H and O–H groups in total. The van der Waals surface area contributed by atoms with E-state index < -0.39 is 0 Å². The quantitative estimate of drug-likeness (QED) is 0.818. The third-order valence-corrected chi connectivity index (χ3v) is 5.47. The first-order valence-electron chi connectivity index (χ1n) is 9.82. The SMILES string of the molecule is CN(C)C1CCN(CCNc2cncc(OC3CCCCC3)n2)CC1. The van der Waals surface area contributed by atoms with E-state index >= 15 is 0 Å². The predicted octanol–water partition coefficient (Wildman–Crippen LogP) is 2.63. The Labute approximate surface area is 152 Å². The van der Waals surface area contributed by atoms with Crippen LogP contribution in [0.3, 0.4) is 0 Å². The monoisotopic (exact) mass is 347 g/mol. The Morgan fingerprint density at radius 2 is 1.88 bits per heavy atom. The normalized spacial score (nSPS) is 20.8. The van der Waals surface area contributed by atoms with E-state index in [1.54, 1.807) is 12.4 Å². The maximum Gasteiger partial charge on any atom is 0.234 e. The number of ether oxygens (including phenoxy) is 1. The van der Waals surface area contributed by atoms with Gasteiger partial charge in [0.15, 0.2) is 0 Å². The van der Waals surface area contributed by atoms with Crippen LogP contribution in [0.1, 0.15) is 44.9 Å². The number of piperidine rings is 1. The average molecular weight is 348 g/mol. The third-order valence-electron chi connectivity index (χ3n) is 5.47. The molecule has 0 amide bonds. The van der Waals surface area contributed by atoms with Crippen molar-refractivity contribution in [3.05, 3.63) is 12.4 Å². The third kappa shape index (κ3) is 5.82. The molecule has 1 saturated carbocycles. The molecule has 0 bridgehead atoms. The van der Waals surface area contributed by atoms with Gasteiger partial charge in [-0.2, -0.15) is 4.98 Å². The van der Waals surface area contributed by atoms with Gasteiger partial charge in [0.25, 0.3) is 0 Å². The highest BCUT2D eigenvalue weighted by atomic mass is 16.5. The summed E-state index contributed by atoms with van der Waals surface area (Å²) in [6, 6.07) is 0.740. The molecule has 6 nitrogen and oxygen atoms in total. The van der Waals surface area contributed by atoms with Crippen LogP contribution in [0.2, 0.25) is 0 Å². The second-order valence-electron chi connectivity index (χ2n) is 7.58. The molecule has 1 saturated heterocycles. The molecule has 0 spiro atoms. The summed E-state index contributed by atoms with van der Waals surface area (Å²) in [6.07, 6.45) is 12.5. The molecule has 1 aliphatic carbocycles. The maximum atomic E-state index is 6.00. The summed E-state index contributed by atoms with van der Waals surface area (Å²) >= 11 is 0. The summed E-state index contributed by atoms with van der Waals surface area (Å²) < 4.78 is 6.00. The summed E-state index contributed by atoms with van der Waals surface area (Å²) in [5.41, 5.74) is 0. The fourth-order valence-corrected chi connectivity index (χ4v) is 3.85. The fourth-order valence-electron chi connectivity index (χ4n) is 3.85. The lowest BCUT2D eigenvalue weighted by atomic mass is 9.98. The molecular formula is C19H33N5O. The van der Waals surface area contributed by atoms with Crippen molar-refractivity contribution < 1.29 is 4.74 Å². The first kappa shape index (κ1) is 18.4. The lowest BCUT2D eigenvalue weighted by Crippen LogP contribution is -2.43. The van der Waals surface area contributed by atoms with Gasteiger partial charge < -0.3 is 19.9 Å². The van der Waals surface area contributed by atoms with Gasteiger partial charge in [-0.05, 0) is 65.7 Å². The van der Waals surface area contributed by atoms with Crippen LogP contribution in [0.15, 0.2) is 12.4 Å². The number of nitrogens with one attached hydrogen (secondary N) is 1. The standard InChI is InChI=1S/C19H33N5O/c1-23(2)16-8-11-24(12-9-16)13-10-21-18-14-20-15-19(22-18)25-17-6-4-3-5-7-17/h14-17H,3-13H2,1-2H3,(H,21,22). The van der Waals surface area contributed by atoms with Crippen molar-refractivity contribution in [2.45, 2.75) is 57.1 Å². The summed E-state index contributed by atoms with van der Waals surface area (Å²) in [4.78, 5) is 13.7. The lowest BCUT2D eigenvalue weighted by molar-refractivity contribution is 0.147. The summed E-state index contributed by atoms with van der Waals surface area (Å²) in [6.45, 7) is 4.31. The molecule has 0 unspecified atom stereocenters. The summed E-state index contributed by atoms with van der Waals surface area (Å²) in [5, 5.41) is 3.40. The van der Waals surface area contributed by atoms with E-state index in [-0.39, 0.29) is 0 Å². The highest BCUT2D eigenvalue weighted by molar-refractivity contribution is 5.33. The molecule has 1 aliphatic heterocycles. The van der Waals surface area contributed by atoms with E-state index in [9.17, 15) is 0 Å². The highest BCUT2D eigenvalue weighted by Gasteiger charge is 2.20. The molecule has 1 aromatic rings. The van der Waals surface area contributed by atoms with Gasteiger partial charge in [0, 0.05) is 19.1 Å². The van der Waals surface area contributed by atoms with Crippen LogP contribution < -0.4 is 10.1 Å². The minimum atomic E-state index is 0.316. The van der Waals surface area contributed by atoms with E-state index in [0.29, 0.717) is 12.0 Å². The topological polar surface area (TPSA) is 53.5 Å². The van der Waals surface area contributed by atoms with Crippen LogP contribution in [0.4, 0.5) is 5.82 Å². The van der Waals surface area contributed by atoms with Crippen molar-refractivity contribution in [2.24, 2.45) is 0 Å². The zero-order chi connectivity index (χ0) is 17.5. The molecule has 2 fully saturated rings. The molecule has 0 atom stereocenters. The molecule has 25 heavy (non-hydrogen) atoms. The van der Waals surface area contributed by atoms with Crippen LogP contribution in [0.5, 0.6) is 5.88 Å². The van der Waals surface area contributed by atoms with Crippen molar-refractivity contribution in [3.63, 3.8) is 0 Å². The second-order valence-corrected chi connectivity index (χ2v) is 7.58. The number of anilines is 1. The molecule has 2 heterocycles. The van der Waals surface area contributed by atoms with Crippen molar-refractivity contribution in [1.29, 1.82) is 0 Å². The number of likely N-dealkylation sites (tertiary alicyclic amines) is 1. The average Bonchev–Trinajstić information content (AvgIpc) is 2.63. The van der Waals surface area contributed by atoms with Gasteiger partial charge in [0.05, 0.1) is 12.4 Å². The fraction of sp³-hybridized carbons (Fsp3) is 0.789. The van der Waals surface area contributed by atoms with Crippen LogP contribution in [-0.2, 0) is 0 Å². The van der Waals surface area contributed by atoms with Gasteiger partial charge in [-0.15, -0.1) is 0 Å². The maximum absolute atomic E-state index is 6.00. The Hall–Kier alpha value is -1.40. The Balaban J connectivity index is 1.39. The lowest BCUT2D eigenvalue weighted by Gasteiger charge is -2.35. The molecule has 6 heteroatoms. The van der Waals surface area contributed by atoms with Gasteiger partial charge in [-0.1, -0.05) is 6.42 Å². The molecule has 2 aliphatic rings. The minimum Gasteiger partial charge on any atom is -0.473 e.